The predicted octanol–water partition coefficient (Wildman–Crippen LogP) is 7.36. The molecular weight excluding hydrogens is 526 g/mol. The molecule has 0 aromatic carbocycles. The van der Waals surface area contributed by atoms with Crippen LogP contribution in [-0.2, 0) is 14.9 Å². The molecule has 3 atom stereocenters. The van der Waals surface area contributed by atoms with Crippen LogP contribution in [0.4, 0.5) is 0 Å². The Morgan fingerprint density at radius 2 is 1.07 bits per heavy atom. The summed E-state index contributed by atoms with van der Waals surface area (Å²) in [6.07, 6.45) is 21.5. The fourth-order valence-corrected chi connectivity index (χ4v) is 5.62. The van der Waals surface area contributed by atoms with Gasteiger partial charge in [-0.05, 0) is 31.1 Å². The Kier molecular flexibility index (Phi) is 24.0. The predicted molar refractivity (Wildman–Crippen MR) is 167 cm³/mol. The van der Waals surface area contributed by atoms with Crippen molar-refractivity contribution in [1.29, 1.82) is 0 Å². The lowest BCUT2D eigenvalue weighted by molar-refractivity contribution is -0.130. The van der Waals surface area contributed by atoms with Gasteiger partial charge in [-0.15, -0.1) is 0 Å². The molecule has 0 fully saturated rings. The molecule has 0 aliphatic carbocycles. The topological polar surface area (TPSA) is 124 Å². The van der Waals surface area contributed by atoms with E-state index in [4.69, 9.17) is 0 Å². The van der Waals surface area contributed by atoms with Gasteiger partial charge in [-0.1, -0.05) is 143 Å². The quantitative estimate of drug-likeness (QED) is 0.0451. The Hall–Kier alpha value is -0.960. The number of nitrogens with one attached hydrogen (secondary N) is 1. The van der Waals surface area contributed by atoms with Crippen molar-refractivity contribution in [1.82, 2.24) is 5.32 Å². The highest BCUT2D eigenvalue weighted by Gasteiger charge is 2.27. The zero-order valence-corrected chi connectivity index (χ0v) is 27.0. The van der Waals surface area contributed by atoms with Crippen LogP contribution >= 0.6 is 0 Å². The van der Waals surface area contributed by atoms with Crippen LogP contribution in [0.1, 0.15) is 150 Å². The number of unbranched alkanes of at least 4 members (excludes halogenated alkanes) is 14. The molecule has 0 bridgehead atoms. The second-order valence-corrected chi connectivity index (χ2v) is 14.0. The first-order chi connectivity index (χ1) is 18.9. The van der Waals surface area contributed by atoms with Crippen molar-refractivity contribution < 1.29 is 28.0 Å². The minimum absolute atomic E-state index is 0.280. The molecule has 0 aromatic rings. The highest BCUT2D eigenvalue weighted by Crippen LogP contribution is 2.15. The molecule has 0 aliphatic heterocycles. The summed E-state index contributed by atoms with van der Waals surface area (Å²) < 4.78 is 32.2. The Labute approximate surface area is 246 Å². The zero-order chi connectivity index (χ0) is 30.2. The van der Waals surface area contributed by atoms with Gasteiger partial charge in [0.25, 0.3) is 10.1 Å². The standard InChI is InChI=1S/C32H63NO6S/c1-27(2)22-18-14-10-6-5-7-12-16-20-24-30(34)29(26-40(37,38)39)33-32(36)31(35)25-21-17-13-9-8-11-15-19-23-28(3)4/h20,24,27-31,34-35H,5-19,21-23,25-26H2,1-4H3,(H,33,36)(H,37,38,39)/b24-20+/t29-,30-,31?/m1/s1. The van der Waals surface area contributed by atoms with Gasteiger partial charge in [-0.3, -0.25) is 9.35 Å². The van der Waals surface area contributed by atoms with Crippen molar-refractivity contribution in [2.24, 2.45) is 11.8 Å². The smallest absolute Gasteiger partial charge is 0.267 e. The third-order valence-corrected chi connectivity index (χ3v) is 8.21. The van der Waals surface area contributed by atoms with Crippen LogP contribution in [0.2, 0.25) is 0 Å². The number of carbonyl (C=O) groups excluding carboxylic acids is 1. The SMILES string of the molecule is CC(C)CCCCCCCCC/C=C/[C@@H](O)[C@@H](CS(=O)(=O)O)NC(=O)C(O)CCCCCCCCCCC(C)C. The monoisotopic (exact) mass is 589 g/mol. The molecule has 0 radical (unpaired) electrons. The maximum atomic E-state index is 12.5. The minimum Gasteiger partial charge on any atom is -0.387 e. The van der Waals surface area contributed by atoms with Crippen LogP contribution in [0.25, 0.3) is 0 Å². The van der Waals surface area contributed by atoms with Crippen molar-refractivity contribution in [2.75, 3.05) is 5.75 Å². The van der Waals surface area contributed by atoms with Crippen LogP contribution in [0.3, 0.4) is 0 Å². The van der Waals surface area contributed by atoms with Crippen molar-refractivity contribution >= 4 is 16.0 Å². The molecule has 40 heavy (non-hydrogen) atoms. The molecule has 1 amide bonds. The number of aliphatic hydroxyl groups is 2. The molecule has 4 N–H and O–H groups in total. The maximum absolute atomic E-state index is 12.5. The van der Waals surface area contributed by atoms with Crippen molar-refractivity contribution in [3.05, 3.63) is 12.2 Å². The summed E-state index contributed by atoms with van der Waals surface area (Å²) in [4.78, 5) is 12.5. The molecular formula is C32H63NO6S. The number of carbonyl (C=O) groups is 1. The van der Waals surface area contributed by atoms with Crippen molar-refractivity contribution in [3.8, 4) is 0 Å². The van der Waals surface area contributed by atoms with E-state index in [1.165, 1.54) is 76.7 Å². The van der Waals surface area contributed by atoms with E-state index in [0.29, 0.717) is 6.42 Å². The second kappa shape index (κ2) is 24.6. The zero-order valence-electron chi connectivity index (χ0n) is 26.2. The molecule has 7 nitrogen and oxygen atoms in total. The molecule has 1 unspecified atom stereocenters. The van der Waals surface area contributed by atoms with E-state index in [1.54, 1.807) is 6.08 Å². The Bertz CT molecular complexity index is 738. The molecule has 0 saturated carbocycles. The van der Waals surface area contributed by atoms with Gasteiger partial charge in [-0.25, -0.2) is 0 Å². The molecule has 0 aromatic heterocycles. The Morgan fingerprint density at radius 3 is 1.50 bits per heavy atom. The fourth-order valence-electron chi connectivity index (χ4n) is 4.88. The lowest BCUT2D eigenvalue weighted by Crippen LogP contribution is -2.50. The van der Waals surface area contributed by atoms with Crippen molar-refractivity contribution in [2.45, 2.75) is 168 Å². The van der Waals surface area contributed by atoms with Crippen molar-refractivity contribution in [3.63, 3.8) is 0 Å². The van der Waals surface area contributed by atoms with E-state index < -0.39 is 40.0 Å². The van der Waals surface area contributed by atoms with E-state index in [1.807, 2.05) is 0 Å². The number of hydrogen-bond donors (Lipinski definition) is 4. The Balaban J connectivity index is 4.24. The van der Waals surface area contributed by atoms with Crippen LogP contribution in [0, 0.1) is 11.8 Å². The number of allylic oxidation sites excluding steroid dienone is 1. The third-order valence-electron chi connectivity index (χ3n) is 7.43. The van der Waals surface area contributed by atoms with E-state index in [9.17, 15) is 28.0 Å². The van der Waals surface area contributed by atoms with Crippen LogP contribution in [0.15, 0.2) is 12.2 Å². The second-order valence-electron chi connectivity index (χ2n) is 12.5. The van der Waals surface area contributed by atoms with Gasteiger partial charge in [0, 0.05) is 0 Å². The first kappa shape index (κ1) is 39.0. The van der Waals surface area contributed by atoms with Gasteiger partial charge in [0.2, 0.25) is 5.91 Å². The number of amides is 1. The number of rotatable bonds is 27. The molecule has 0 aliphatic rings. The van der Waals surface area contributed by atoms with Gasteiger partial charge in [0.05, 0.1) is 17.9 Å². The minimum atomic E-state index is -4.43. The van der Waals surface area contributed by atoms with E-state index >= 15 is 0 Å². The highest BCUT2D eigenvalue weighted by atomic mass is 32.2. The summed E-state index contributed by atoms with van der Waals surface area (Å²) in [5.41, 5.74) is 0. The largest absolute Gasteiger partial charge is 0.387 e. The lowest BCUT2D eigenvalue weighted by Gasteiger charge is -2.22. The fraction of sp³-hybridized carbons (Fsp3) is 0.906. The number of aliphatic hydroxyl groups excluding tert-OH is 2. The first-order valence-electron chi connectivity index (χ1n) is 16.2. The average Bonchev–Trinajstić information content (AvgIpc) is 2.86. The van der Waals surface area contributed by atoms with Crippen LogP contribution in [0.5, 0.6) is 0 Å². The van der Waals surface area contributed by atoms with Gasteiger partial charge >= 0.3 is 0 Å². The van der Waals surface area contributed by atoms with Crippen LogP contribution < -0.4 is 5.32 Å². The first-order valence-corrected chi connectivity index (χ1v) is 17.8. The number of hydrogen-bond acceptors (Lipinski definition) is 5. The van der Waals surface area contributed by atoms with Gasteiger partial charge in [0.1, 0.15) is 6.10 Å². The molecule has 238 valence electrons. The van der Waals surface area contributed by atoms with E-state index in [-0.39, 0.29) is 6.42 Å². The van der Waals surface area contributed by atoms with Crippen LogP contribution in [-0.4, -0.2) is 53.1 Å². The van der Waals surface area contributed by atoms with Gasteiger partial charge in [-0.2, -0.15) is 8.42 Å². The molecule has 0 spiro atoms. The maximum Gasteiger partial charge on any atom is 0.267 e. The summed E-state index contributed by atoms with van der Waals surface area (Å²) in [6, 6.07) is -1.23. The van der Waals surface area contributed by atoms with E-state index in [0.717, 1.165) is 50.4 Å². The summed E-state index contributed by atoms with van der Waals surface area (Å²) in [6.45, 7) is 9.02. The summed E-state index contributed by atoms with van der Waals surface area (Å²) >= 11 is 0. The summed E-state index contributed by atoms with van der Waals surface area (Å²) in [7, 11) is -4.43. The van der Waals surface area contributed by atoms with Gasteiger partial charge < -0.3 is 15.5 Å². The molecule has 8 heteroatoms. The Morgan fingerprint density at radius 1 is 0.675 bits per heavy atom. The normalized spacial score (nSPS) is 14.7. The lowest BCUT2D eigenvalue weighted by atomic mass is 10.0. The molecule has 0 heterocycles. The average molecular weight is 590 g/mol. The molecule has 0 saturated heterocycles. The molecule has 0 rings (SSSR count). The summed E-state index contributed by atoms with van der Waals surface area (Å²) in [5, 5.41) is 23.2. The highest BCUT2D eigenvalue weighted by molar-refractivity contribution is 7.85. The third kappa shape index (κ3) is 26.0. The van der Waals surface area contributed by atoms with E-state index in [2.05, 4.69) is 33.0 Å². The summed E-state index contributed by atoms with van der Waals surface area (Å²) in [5.74, 6) is 0.00622. The van der Waals surface area contributed by atoms with Gasteiger partial charge in [0.15, 0.2) is 0 Å².